The average molecular weight is 364 g/mol. The van der Waals surface area contributed by atoms with Gasteiger partial charge in [0.2, 0.25) is 0 Å². The van der Waals surface area contributed by atoms with E-state index in [-0.39, 0.29) is 11.5 Å². The third-order valence-electron chi connectivity index (χ3n) is 4.19. The normalized spacial score (nSPS) is 12.0. The van der Waals surface area contributed by atoms with E-state index >= 15 is 0 Å². The van der Waals surface area contributed by atoms with Gasteiger partial charge in [-0.15, -0.1) is 0 Å². The van der Waals surface area contributed by atoms with E-state index in [1.54, 1.807) is 26.4 Å². The number of hydrogen-bond acceptors (Lipinski definition) is 5. The third kappa shape index (κ3) is 5.52. The number of aromatic hydroxyl groups is 2. The lowest BCUT2D eigenvalue weighted by atomic mass is 9.93. The summed E-state index contributed by atoms with van der Waals surface area (Å²) in [7, 11) is 5.38. The summed E-state index contributed by atoms with van der Waals surface area (Å²) in [5, 5.41) is 19.4. The summed E-state index contributed by atoms with van der Waals surface area (Å²) < 4.78 is 15.6. The SMILES string of the molecule is COc1cc(CC[C@@H](COP)Cc2ccc(O)c(OC)c2)ccc1O. The first-order valence-corrected chi connectivity index (χ1v) is 8.58. The van der Waals surface area contributed by atoms with Gasteiger partial charge in [0.05, 0.1) is 20.8 Å². The first-order valence-electron chi connectivity index (χ1n) is 8.10. The van der Waals surface area contributed by atoms with Crippen LogP contribution in [-0.2, 0) is 17.4 Å². The molecule has 2 rings (SSSR count). The van der Waals surface area contributed by atoms with Gasteiger partial charge < -0.3 is 24.2 Å². The summed E-state index contributed by atoms with van der Waals surface area (Å²) in [6, 6.07) is 10.8. The summed E-state index contributed by atoms with van der Waals surface area (Å²) in [6.45, 7) is 0.614. The van der Waals surface area contributed by atoms with E-state index in [1.165, 1.54) is 0 Å². The molecule has 0 saturated heterocycles. The Labute approximate surface area is 150 Å². The molecule has 2 aromatic rings. The van der Waals surface area contributed by atoms with Gasteiger partial charge in [0.15, 0.2) is 23.0 Å². The van der Waals surface area contributed by atoms with Crippen LogP contribution in [-0.4, -0.2) is 31.0 Å². The molecule has 2 atom stereocenters. The molecule has 5 nitrogen and oxygen atoms in total. The second-order valence-electron chi connectivity index (χ2n) is 5.95. The van der Waals surface area contributed by atoms with E-state index in [1.807, 2.05) is 24.3 Å². The van der Waals surface area contributed by atoms with Crippen LogP contribution in [0.5, 0.6) is 23.0 Å². The Morgan fingerprint density at radius 2 is 1.48 bits per heavy atom. The highest BCUT2D eigenvalue weighted by Gasteiger charge is 2.13. The van der Waals surface area contributed by atoms with Crippen molar-refractivity contribution < 1.29 is 24.2 Å². The van der Waals surface area contributed by atoms with Crippen molar-refractivity contribution in [3.8, 4) is 23.0 Å². The first kappa shape index (κ1) is 19.4. The number of rotatable bonds is 9. The lowest BCUT2D eigenvalue weighted by Gasteiger charge is -2.17. The molecular weight excluding hydrogens is 339 g/mol. The van der Waals surface area contributed by atoms with Crippen molar-refractivity contribution in [1.29, 1.82) is 0 Å². The highest BCUT2D eigenvalue weighted by molar-refractivity contribution is 7.09. The van der Waals surface area contributed by atoms with Gasteiger partial charge in [-0.1, -0.05) is 12.1 Å². The smallest absolute Gasteiger partial charge is 0.160 e. The van der Waals surface area contributed by atoms with Crippen molar-refractivity contribution >= 4 is 9.47 Å². The summed E-state index contributed by atoms with van der Waals surface area (Å²) in [5.41, 5.74) is 2.19. The number of aryl methyl sites for hydroxylation is 1. The molecule has 1 unspecified atom stereocenters. The highest BCUT2D eigenvalue weighted by atomic mass is 31.0. The van der Waals surface area contributed by atoms with Crippen molar-refractivity contribution in [2.45, 2.75) is 19.3 Å². The van der Waals surface area contributed by atoms with Crippen LogP contribution in [0.25, 0.3) is 0 Å². The third-order valence-corrected chi connectivity index (χ3v) is 4.38. The minimum absolute atomic E-state index is 0.140. The van der Waals surface area contributed by atoms with Crippen molar-refractivity contribution in [2.24, 2.45) is 5.92 Å². The van der Waals surface area contributed by atoms with Crippen LogP contribution in [0, 0.1) is 5.92 Å². The van der Waals surface area contributed by atoms with Gasteiger partial charge in [0.1, 0.15) is 0 Å². The molecule has 2 N–H and O–H groups in total. The Balaban J connectivity index is 2.03. The molecule has 0 saturated carbocycles. The summed E-state index contributed by atoms with van der Waals surface area (Å²) >= 11 is 0. The van der Waals surface area contributed by atoms with Crippen molar-refractivity contribution in [3.63, 3.8) is 0 Å². The molecule has 136 valence electrons. The van der Waals surface area contributed by atoms with Crippen LogP contribution < -0.4 is 9.47 Å². The Hall–Kier alpha value is -1.97. The van der Waals surface area contributed by atoms with Crippen LogP contribution >= 0.6 is 9.47 Å². The molecule has 2 aromatic carbocycles. The van der Waals surface area contributed by atoms with Crippen LogP contribution in [0.3, 0.4) is 0 Å². The van der Waals surface area contributed by atoms with E-state index in [4.69, 9.17) is 14.0 Å². The molecule has 0 heterocycles. The fourth-order valence-corrected chi connectivity index (χ4v) is 3.08. The largest absolute Gasteiger partial charge is 0.504 e. The molecule has 0 bridgehead atoms. The predicted octanol–water partition coefficient (Wildman–Crippen LogP) is 3.71. The Morgan fingerprint density at radius 3 is 2.04 bits per heavy atom. The fourth-order valence-electron chi connectivity index (χ4n) is 2.81. The number of phenols is 2. The van der Waals surface area contributed by atoms with Gasteiger partial charge >= 0.3 is 0 Å². The molecule has 25 heavy (non-hydrogen) atoms. The van der Waals surface area contributed by atoms with Gasteiger partial charge in [0.25, 0.3) is 0 Å². The van der Waals surface area contributed by atoms with Crippen LogP contribution in [0.2, 0.25) is 0 Å². The minimum Gasteiger partial charge on any atom is -0.504 e. The topological polar surface area (TPSA) is 68.2 Å². The number of hydrogen-bond donors (Lipinski definition) is 2. The molecular formula is C19H25O5P. The van der Waals surface area contributed by atoms with Gasteiger partial charge in [-0.2, -0.15) is 0 Å². The van der Waals surface area contributed by atoms with Gasteiger partial charge in [0, 0.05) is 9.47 Å². The molecule has 0 spiro atoms. The maximum absolute atomic E-state index is 9.71. The molecule has 0 aliphatic rings. The lowest BCUT2D eigenvalue weighted by molar-refractivity contribution is 0.273. The van der Waals surface area contributed by atoms with Gasteiger partial charge in [-0.25, -0.2) is 0 Å². The molecule has 0 aliphatic heterocycles. The summed E-state index contributed by atoms with van der Waals surface area (Å²) in [5.74, 6) is 1.56. The fraction of sp³-hybridized carbons (Fsp3) is 0.368. The maximum Gasteiger partial charge on any atom is 0.160 e. The van der Waals surface area contributed by atoms with Crippen LogP contribution in [0.4, 0.5) is 0 Å². The average Bonchev–Trinajstić information content (AvgIpc) is 2.62. The standard InChI is InChI=1S/C19H25O5P/c1-22-18-10-13(5-7-16(18)20)3-4-15(12-24-25)9-14-6-8-17(21)19(11-14)23-2/h5-8,10-11,15,20-21H,3-4,9,12,25H2,1-2H3/t15-/m1/s1. The lowest BCUT2D eigenvalue weighted by Crippen LogP contribution is -2.11. The van der Waals surface area contributed by atoms with E-state index in [2.05, 4.69) is 9.47 Å². The number of methoxy groups -OCH3 is 2. The predicted molar refractivity (Wildman–Crippen MR) is 100 cm³/mol. The van der Waals surface area contributed by atoms with Crippen molar-refractivity contribution in [1.82, 2.24) is 0 Å². The second kappa shape index (κ2) is 9.50. The maximum atomic E-state index is 9.71. The Bertz CT molecular complexity index is 690. The first-order chi connectivity index (χ1) is 12.1. The van der Waals surface area contributed by atoms with Gasteiger partial charge in [-0.05, 0) is 60.6 Å². The monoisotopic (exact) mass is 364 g/mol. The van der Waals surface area contributed by atoms with E-state index < -0.39 is 0 Å². The zero-order valence-corrected chi connectivity index (χ0v) is 15.7. The summed E-state index contributed by atoms with van der Waals surface area (Å²) in [6.07, 6.45) is 2.59. The number of ether oxygens (including phenoxy) is 2. The molecule has 0 fully saturated rings. The molecule has 0 aliphatic carbocycles. The quantitative estimate of drug-likeness (QED) is 0.664. The molecule has 0 aromatic heterocycles. The van der Waals surface area contributed by atoms with Crippen molar-refractivity contribution in [2.75, 3.05) is 20.8 Å². The zero-order chi connectivity index (χ0) is 18.2. The van der Waals surface area contributed by atoms with Crippen LogP contribution in [0.15, 0.2) is 36.4 Å². The number of phenolic OH excluding ortho intramolecular Hbond substituents is 2. The second-order valence-corrected chi connectivity index (χ2v) is 6.29. The number of benzene rings is 2. The van der Waals surface area contributed by atoms with E-state index in [9.17, 15) is 10.2 Å². The van der Waals surface area contributed by atoms with Gasteiger partial charge in [-0.3, -0.25) is 0 Å². The molecule has 6 heteroatoms. The zero-order valence-electron chi connectivity index (χ0n) is 14.6. The van der Waals surface area contributed by atoms with Crippen LogP contribution in [0.1, 0.15) is 17.5 Å². The molecule has 0 radical (unpaired) electrons. The highest BCUT2D eigenvalue weighted by Crippen LogP contribution is 2.29. The van der Waals surface area contributed by atoms with E-state index in [0.29, 0.717) is 24.0 Å². The minimum atomic E-state index is 0.140. The van der Waals surface area contributed by atoms with Crippen molar-refractivity contribution in [3.05, 3.63) is 47.5 Å². The Kier molecular flexibility index (Phi) is 7.35. The van der Waals surface area contributed by atoms with E-state index in [0.717, 1.165) is 30.4 Å². The molecule has 0 amide bonds. The summed E-state index contributed by atoms with van der Waals surface area (Å²) in [4.78, 5) is 0. The Morgan fingerprint density at radius 1 is 0.920 bits per heavy atom.